The minimum absolute atomic E-state index is 0.0648. The second kappa shape index (κ2) is 9.64. The summed E-state index contributed by atoms with van der Waals surface area (Å²) in [6, 6.07) is 1.14. The Balaban J connectivity index is 2.84. The number of methoxy groups -OCH3 is 3. The van der Waals surface area contributed by atoms with Gasteiger partial charge in [0.1, 0.15) is 6.61 Å². The van der Waals surface area contributed by atoms with Gasteiger partial charge >= 0.3 is 11.7 Å². The second-order valence-electron chi connectivity index (χ2n) is 4.61. The maximum atomic E-state index is 11.8. The predicted molar refractivity (Wildman–Crippen MR) is 79.1 cm³/mol. The molecule has 0 unspecified atom stereocenters. The van der Waals surface area contributed by atoms with E-state index in [9.17, 15) is 19.8 Å². The Kier molecular flexibility index (Phi) is 8.21. The first-order valence-electron chi connectivity index (χ1n) is 6.90. The maximum absolute atomic E-state index is 11.8. The van der Waals surface area contributed by atoms with E-state index in [-0.39, 0.29) is 6.61 Å². The van der Waals surface area contributed by atoms with Crippen LogP contribution in [-0.2, 0) is 23.7 Å². The Morgan fingerprint density at radius 3 is 2.46 bits per heavy atom. The molecule has 1 aromatic rings. The van der Waals surface area contributed by atoms with Crippen LogP contribution < -0.4 is 11.2 Å². The highest BCUT2D eigenvalue weighted by Crippen LogP contribution is 2.13. The molecule has 0 radical (unpaired) electrons. The fourth-order valence-corrected chi connectivity index (χ4v) is 1.69. The molecule has 2 atom stereocenters. The molecule has 0 bridgehead atoms. The van der Waals surface area contributed by atoms with Crippen LogP contribution in [0.2, 0.25) is 0 Å². The molecule has 0 aliphatic heterocycles. The lowest BCUT2D eigenvalue weighted by atomic mass is 10.5. The van der Waals surface area contributed by atoms with E-state index in [2.05, 4.69) is 4.98 Å². The van der Waals surface area contributed by atoms with Crippen molar-refractivity contribution in [1.82, 2.24) is 9.55 Å². The Bertz CT molecular complexity index is 596. The third-order valence-electron chi connectivity index (χ3n) is 3.02. The number of ether oxygens (including phenoxy) is 5. The lowest BCUT2D eigenvalue weighted by Gasteiger charge is -2.28. The van der Waals surface area contributed by atoms with Gasteiger partial charge in [0, 0.05) is 33.6 Å². The van der Waals surface area contributed by atoms with Crippen molar-refractivity contribution in [3.63, 3.8) is 0 Å². The first-order valence-corrected chi connectivity index (χ1v) is 6.90. The van der Waals surface area contributed by atoms with Crippen molar-refractivity contribution in [3.05, 3.63) is 33.1 Å². The molecule has 0 aliphatic carbocycles. The standard InChI is InChI=1S/C13H22N2O9/c1-20-7-10(15-5-4-9(17)14-12(15)18)24-11(6-16)23-8-13(19,21-2)22-3/h4-5,10-11,16,19H,6-8H2,1-3H3,(H,14,17,18)/t10-,11+/m1/s1. The van der Waals surface area contributed by atoms with Gasteiger partial charge in [-0.2, -0.15) is 0 Å². The van der Waals surface area contributed by atoms with Gasteiger partial charge in [-0.15, -0.1) is 0 Å². The summed E-state index contributed by atoms with van der Waals surface area (Å²) < 4.78 is 26.1. The number of aromatic amines is 1. The number of hydrogen-bond acceptors (Lipinski definition) is 9. The molecule has 0 spiro atoms. The smallest absolute Gasteiger partial charge is 0.330 e. The summed E-state index contributed by atoms with van der Waals surface area (Å²) in [5.41, 5.74) is -1.28. The highest BCUT2D eigenvalue weighted by atomic mass is 16.8. The van der Waals surface area contributed by atoms with Crippen molar-refractivity contribution < 1.29 is 33.9 Å². The molecular weight excluding hydrogens is 328 g/mol. The van der Waals surface area contributed by atoms with Crippen LogP contribution in [0.5, 0.6) is 0 Å². The van der Waals surface area contributed by atoms with Gasteiger partial charge in [-0.25, -0.2) is 4.79 Å². The highest BCUT2D eigenvalue weighted by Gasteiger charge is 2.29. The summed E-state index contributed by atoms with van der Waals surface area (Å²) in [4.78, 5) is 25.0. The van der Waals surface area contributed by atoms with Crippen LogP contribution in [0.25, 0.3) is 0 Å². The van der Waals surface area contributed by atoms with Crippen LogP contribution in [0.4, 0.5) is 0 Å². The molecule has 1 heterocycles. The van der Waals surface area contributed by atoms with Gasteiger partial charge < -0.3 is 33.9 Å². The molecule has 24 heavy (non-hydrogen) atoms. The molecule has 11 heteroatoms. The number of nitrogens with one attached hydrogen (secondary N) is 1. The quantitative estimate of drug-likeness (QED) is 0.385. The maximum Gasteiger partial charge on any atom is 0.330 e. The van der Waals surface area contributed by atoms with Gasteiger partial charge in [-0.3, -0.25) is 14.3 Å². The van der Waals surface area contributed by atoms with Gasteiger partial charge in [0.05, 0.1) is 13.2 Å². The van der Waals surface area contributed by atoms with E-state index in [0.717, 1.165) is 10.6 Å². The summed E-state index contributed by atoms with van der Waals surface area (Å²) in [5.74, 6) is -2.01. The molecule has 11 nitrogen and oxygen atoms in total. The van der Waals surface area contributed by atoms with Crippen LogP contribution in [0.3, 0.4) is 0 Å². The predicted octanol–water partition coefficient (Wildman–Crippen LogP) is -2.03. The van der Waals surface area contributed by atoms with Crippen molar-refractivity contribution >= 4 is 0 Å². The second-order valence-corrected chi connectivity index (χ2v) is 4.61. The zero-order valence-electron chi connectivity index (χ0n) is 13.6. The number of rotatable bonds is 11. The van der Waals surface area contributed by atoms with Crippen molar-refractivity contribution in [1.29, 1.82) is 0 Å². The minimum Gasteiger partial charge on any atom is -0.391 e. The lowest BCUT2D eigenvalue weighted by Crippen LogP contribution is -2.42. The van der Waals surface area contributed by atoms with E-state index in [1.807, 2.05) is 0 Å². The topological polar surface area (TPSA) is 141 Å². The van der Waals surface area contributed by atoms with Crippen molar-refractivity contribution in [2.45, 2.75) is 18.5 Å². The monoisotopic (exact) mass is 350 g/mol. The first kappa shape index (κ1) is 20.4. The van der Waals surface area contributed by atoms with E-state index >= 15 is 0 Å². The van der Waals surface area contributed by atoms with Gasteiger partial charge in [0.15, 0.2) is 12.5 Å². The number of aliphatic hydroxyl groups is 2. The molecule has 0 aromatic carbocycles. The van der Waals surface area contributed by atoms with Gasteiger partial charge in [0.2, 0.25) is 0 Å². The lowest BCUT2D eigenvalue weighted by molar-refractivity contribution is -0.372. The fourth-order valence-electron chi connectivity index (χ4n) is 1.69. The molecule has 0 saturated carbocycles. The van der Waals surface area contributed by atoms with E-state index in [1.54, 1.807) is 0 Å². The number of aliphatic hydroxyl groups excluding tert-OH is 1. The van der Waals surface area contributed by atoms with Crippen LogP contribution >= 0.6 is 0 Å². The molecule has 0 fully saturated rings. The zero-order valence-corrected chi connectivity index (χ0v) is 13.6. The van der Waals surface area contributed by atoms with Crippen molar-refractivity contribution in [2.24, 2.45) is 0 Å². The minimum atomic E-state index is -2.01. The molecule has 0 amide bonds. The molecule has 1 rings (SSSR count). The number of hydrogen-bond donors (Lipinski definition) is 3. The molecule has 1 aromatic heterocycles. The van der Waals surface area contributed by atoms with Crippen LogP contribution in [-0.4, -0.2) is 73.2 Å². The van der Waals surface area contributed by atoms with Crippen LogP contribution in [0, 0.1) is 0 Å². The van der Waals surface area contributed by atoms with Crippen molar-refractivity contribution in [3.8, 4) is 0 Å². The molecule has 0 aliphatic rings. The Hall–Kier alpha value is -1.60. The summed E-state index contributed by atoms with van der Waals surface area (Å²) in [5, 5.41) is 19.1. The largest absolute Gasteiger partial charge is 0.391 e. The van der Waals surface area contributed by atoms with E-state index in [1.165, 1.54) is 27.5 Å². The Morgan fingerprint density at radius 1 is 1.29 bits per heavy atom. The third kappa shape index (κ3) is 5.79. The van der Waals surface area contributed by atoms with Gasteiger partial charge in [0.25, 0.3) is 5.56 Å². The number of nitrogens with zero attached hydrogens (tertiary/aromatic N) is 1. The SMILES string of the molecule is COC[C@@H](O[C@@H](CO)OCC(O)(OC)OC)n1ccc(=O)[nH]c1=O. The van der Waals surface area contributed by atoms with Crippen molar-refractivity contribution in [2.75, 3.05) is 41.2 Å². The highest BCUT2D eigenvalue weighted by molar-refractivity contribution is 4.84. The zero-order chi connectivity index (χ0) is 18.2. The number of H-pyrrole nitrogens is 1. The van der Waals surface area contributed by atoms with Gasteiger partial charge in [-0.1, -0.05) is 0 Å². The van der Waals surface area contributed by atoms with Crippen LogP contribution in [0.1, 0.15) is 6.23 Å². The Morgan fingerprint density at radius 2 is 1.96 bits per heavy atom. The molecular formula is C13H22N2O9. The Labute approximate surface area is 137 Å². The summed E-state index contributed by atoms with van der Waals surface area (Å²) in [6.07, 6.45) is -0.990. The summed E-state index contributed by atoms with van der Waals surface area (Å²) in [6.45, 7) is -1.11. The molecule has 3 N–H and O–H groups in total. The van der Waals surface area contributed by atoms with E-state index in [4.69, 9.17) is 23.7 Å². The average Bonchev–Trinajstić information content (AvgIpc) is 2.57. The summed E-state index contributed by atoms with van der Waals surface area (Å²) >= 11 is 0. The average molecular weight is 350 g/mol. The van der Waals surface area contributed by atoms with Crippen LogP contribution in [0.15, 0.2) is 21.9 Å². The number of aromatic nitrogens is 2. The third-order valence-corrected chi connectivity index (χ3v) is 3.02. The molecule has 138 valence electrons. The normalized spacial score (nSPS) is 14.5. The fraction of sp³-hybridized carbons (Fsp3) is 0.692. The first-order chi connectivity index (χ1) is 11.4. The van der Waals surface area contributed by atoms with E-state index in [0.29, 0.717) is 0 Å². The van der Waals surface area contributed by atoms with Gasteiger partial charge in [-0.05, 0) is 0 Å². The summed E-state index contributed by atoms with van der Waals surface area (Å²) in [7, 11) is 3.79. The van der Waals surface area contributed by atoms with E-state index < -0.39 is 43.0 Å². The molecule has 0 saturated heterocycles.